The number of rotatable bonds is 8. The largest absolute Gasteiger partial charge is 0.357 e. The third-order valence-electron chi connectivity index (χ3n) is 2.71. The molecule has 0 spiro atoms. The van der Waals surface area contributed by atoms with Gasteiger partial charge in [0.05, 0.1) is 11.4 Å². The number of para-hydroxylation sites is 1. The molecule has 2 rings (SSSR count). The highest BCUT2D eigenvalue weighted by atomic mass is 32.2. The highest BCUT2D eigenvalue weighted by Crippen LogP contribution is 2.25. The number of hydrogen-bond acceptors (Lipinski definition) is 7. The van der Waals surface area contributed by atoms with E-state index in [0.29, 0.717) is 27.3 Å². The Balaban J connectivity index is 1.89. The second-order valence-corrected chi connectivity index (χ2v) is 6.68. The summed E-state index contributed by atoms with van der Waals surface area (Å²) in [6.45, 7) is 5.70. The number of nitrogens with one attached hydrogen (secondary N) is 2. The highest BCUT2D eigenvalue weighted by Gasteiger charge is 2.11. The molecule has 1 aromatic heterocycles. The van der Waals surface area contributed by atoms with Gasteiger partial charge in [-0.15, -0.1) is 16.8 Å². The maximum Gasteiger partial charge on any atom is 0.234 e. The highest BCUT2D eigenvalue weighted by molar-refractivity contribution is 8.01. The molecule has 2 aromatic rings. The fourth-order valence-electron chi connectivity index (χ4n) is 1.71. The van der Waals surface area contributed by atoms with Crippen molar-refractivity contribution in [3.05, 3.63) is 42.5 Å². The SMILES string of the molecule is C=CCNc1nnc(SCC(=O)Nc2ccccc2C(C)=O)s1. The monoisotopic (exact) mass is 348 g/mol. The van der Waals surface area contributed by atoms with Crippen LogP contribution in [-0.4, -0.2) is 34.2 Å². The van der Waals surface area contributed by atoms with Gasteiger partial charge in [-0.1, -0.05) is 41.3 Å². The zero-order valence-corrected chi connectivity index (χ0v) is 14.2. The fraction of sp³-hybridized carbons (Fsp3) is 0.200. The topological polar surface area (TPSA) is 84.0 Å². The molecular formula is C15H16N4O2S2. The Bertz CT molecular complexity index is 715. The first-order valence-corrected chi connectivity index (χ1v) is 8.61. The molecule has 23 heavy (non-hydrogen) atoms. The van der Waals surface area contributed by atoms with Crippen molar-refractivity contribution in [1.82, 2.24) is 10.2 Å². The number of aromatic nitrogens is 2. The van der Waals surface area contributed by atoms with E-state index in [2.05, 4.69) is 27.4 Å². The third kappa shape index (κ3) is 5.19. The van der Waals surface area contributed by atoms with Crippen molar-refractivity contribution < 1.29 is 9.59 Å². The van der Waals surface area contributed by atoms with Gasteiger partial charge in [0.25, 0.3) is 0 Å². The quantitative estimate of drug-likeness (QED) is 0.433. The lowest BCUT2D eigenvalue weighted by molar-refractivity contribution is -0.113. The van der Waals surface area contributed by atoms with Crippen molar-refractivity contribution in [3.63, 3.8) is 0 Å². The normalized spacial score (nSPS) is 10.1. The van der Waals surface area contributed by atoms with Gasteiger partial charge in [-0.3, -0.25) is 9.59 Å². The van der Waals surface area contributed by atoms with Gasteiger partial charge in [0.15, 0.2) is 10.1 Å². The zero-order valence-electron chi connectivity index (χ0n) is 12.5. The van der Waals surface area contributed by atoms with Crippen molar-refractivity contribution in [2.45, 2.75) is 11.3 Å². The summed E-state index contributed by atoms with van der Waals surface area (Å²) in [7, 11) is 0. The smallest absolute Gasteiger partial charge is 0.234 e. The van der Waals surface area contributed by atoms with E-state index in [1.165, 1.54) is 30.0 Å². The number of amides is 1. The Hall–Kier alpha value is -2.19. The van der Waals surface area contributed by atoms with Crippen LogP contribution in [0.15, 0.2) is 41.3 Å². The van der Waals surface area contributed by atoms with E-state index in [1.807, 2.05) is 0 Å². The van der Waals surface area contributed by atoms with Crippen LogP contribution in [0.1, 0.15) is 17.3 Å². The molecule has 1 heterocycles. The molecular weight excluding hydrogens is 332 g/mol. The van der Waals surface area contributed by atoms with E-state index in [4.69, 9.17) is 0 Å². The number of thioether (sulfide) groups is 1. The summed E-state index contributed by atoms with van der Waals surface area (Å²) in [5.74, 6) is -0.0855. The van der Waals surface area contributed by atoms with Gasteiger partial charge < -0.3 is 10.6 Å². The summed E-state index contributed by atoms with van der Waals surface area (Å²) < 4.78 is 0.701. The molecule has 0 aliphatic heterocycles. The number of hydrogen-bond donors (Lipinski definition) is 2. The standard InChI is InChI=1S/C15H16N4O2S2/c1-3-8-16-14-18-19-15(23-14)22-9-13(21)17-12-7-5-4-6-11(12)10(2)20/h3-7H,1,8-9H2,2H3,(H,16,18)(H,17,21). The minimum Gasteiger partial charge on any atom is -0.357 e. The molecule has 120 valence electrons. The number of carbonyl (C=O) groups is 2. The number of benzene rings is 1. The summed E-state index contributed by atoms with van der Waals surface area (Å²) >= 11 is 2.68. The Morgan fingerprint density at radius 2 is 2.13 bits per heavy atom. The van der Waals surface area contributed by atoms with Gasteiger partial charge in [-0.05, 0) is 19.1 Å². The summed E-state index contributed by atoms with van der Waals surface area (Å²) in [6.07, 6.45) is 1.73. The molecule has 0 fully saturated rings. The number of anilines is 2. The Kier molecular flexibility index (Phi) is 6.30. The lowest BCUT2D eigenvalue weighted by Gasteiger charge is -2.08. The van der Waals surface area contributed by atoms with Crippen LogP contribution in [-0.2, 0) is 4.79 Å². The van der Waals surface area contributed by atoms with Gasteiger partial charge in [-0.2, -0.15) is 0 Å². The van der Waals surface area contributed by atoms with Gasteiger partial charge in [-0.25, -0.2) is 0 Å². The Labute approximate surface area is 142 Å². The predicted molar refractivity (Wildman–Crippen MR) is 94.4 cm³/mol. The van der Waals surface area contributed by atoms with Crippen LogP contribution in [0, 0.1) is 0 Å². The number of ketones is 1. The molecule has 0 saturated carbocycles. The second kappa shape index (κ2) is 8.44. The maximum absolute atomic E-state index is 12.0. The Morgan fingerprint density at radius 3 is 2.87 bits per heavy atom. The average Bonchev–Trinajstić information content (AvgIpc) is 2.99. The minimum atomic E-state index is -0.195. The first-order valence-electron chi connectivity index (χ1n) is 6.81. The third-order valence-corrected chi connectivity index (χ3v) is 4.73. The molecule has 0 aliphatic rings. The molecule has 0 saturated heterocycles. The van der Waals surface area contributed by atoms with Crippen molar-refractivity contribution in [3.8, 4) is 0 Å². The molecule has 8 heteroatoms. The molecule has 0 unspecified atom stereocenters. The van der Waals surface area contributed by atoms with Crippen LogP contribution in [0.25, 0.3) is 0 Å². The summed E-state index contributed by atoms with van der Waals surface area (Å²) in [5, 5.41) is 14.4. The minimum absolute atomic E-state index is 0.0874. The van der Waals surface area contributed by atoms with Gasteiger partial charge in [0.2, 0.25) is 11.0 Å². The summed E-state index contributed by atoms with van der Waals surface area (Å²) in [6, 6.07) is 6.94. The van der Waals surface area contributed by atoms with E-state index >= 15 is 0 Å². The lowest BCUT2D eigenvalue weighted by Crippen LogP contribution is -2.16. The van der Waals surface area contributed by atoms with Crippen molar-refractivity contribution >= 4 is 45.6 Å². The van der Waals surface area contributed by atoms with Gasteiger partial charge >= 0.3 is 0 Å². The van der Waals surface area contributed by atoms with Crippen LogP contribution >= 0.6 is 23.1 Å². The first-order chi connectivity index (χ1) is 11.1. The zero-order chi connectivity index (χ0) is 16.7. The van der Waals surface area contributed by atoms with E-state index in [9.17, 15) is 9.59 Å². The van der Waals surface area contributed by atoms with E-state index in [0.717, 1.165) is 0 Å². The van der Waals surface area contributed by atoms with Crippen LogP contribution in [0.4, 0.5) is 10.8 Å². The molecule has 0 bridgehead atoms. The van der Waals surface area contributed by atoms with Crippen molar-refractivity contribution in [2.24, 2.45) is 0 Å². The van der Waals surface area contributed by atoms with Crippen LogP contribution in [0.2, 0.25) is 0 Å². The van der Waals surface area contributed by atoms with Crippen molar-refractivity contribution in [1.29, 1.82) is 0 Å². The fourth-order valence-corrected chi connectivity index (χ4v) is 3.27. The van der Waals surface area contributed by atoms with Gasteiger partial charge in [0, 0.05) is 12.1 Å². The predicted octanol–water partition coefficient (Wildman–Crippen LogP) is 3.07. The molecule has 0 radical (unpaired) electrons. The molecule has 0 atom stereocenters. The molecule has 0 aliphatic carbocycles. The average molecular weight is 348 g/mol. The van der Waals surface area contributed by atoms with Crippen LogP contribution in [0.5, 0.6) is 0 Å². The van der Waals surface area contributed by atoms with E-state index in [-0.39, 0.29) is 17.4 Å². The van der Waals surface area contributed by atoms with E-state index < -0.39 is 0 Å². The van der Waals surface area contributed by atoms with Gasteiger partial charge in [0.1, 0.15) is 0 Å². The molecule has 6 nitrogen and oxygen atoms in total. The van der Waals surface area contributed by atoms with Crippen LogP contribution in [0.3, 0.4) is 0 Å². The van der Waals surface area contributed by atoms with E-state index in [1.54, 1.807) is 30.3 Å². The molecule has 1 aromatic carbocycles. The number of nitrogens with zero attached hydrogens (tertiary/aromatic N) is 2. The summed E-state index contributed by atoms with van der Waals surface area (Å²) in [5.41, 5.74) is 1.02. The lowest BCUT2D eigenvalue weighted by atomic mass is 10.1. The first kappa shape index (κ1) is 17.2. The Morgan fingerprint density at radius 1 is 1.35 bits per heavy atom. The maximum atomic E-state index is 12.0. The number of Topliss-reactive ketones (excluding diaryl/α,β-unsaturated/α-hetero) is 1. The second-order valence-electron chi connectivity index (χ2n) is 4.48. The van der Waals surface area contributed by atoms with Crippen LogP contribution < -0.4 is 10.6 Å². The number of carbonyl (C=O) groups excluding carboxylic acids is 2. The van der Waals surface area contributed by atoms with Crippen molar-refractivity contribution in [2.75, 3.05) is 22.9 Å². The molecule has 2 N–H and O–H groups in total. The molecule has 1 amide bonds. The summed E-state index contributed by atoms with van der Waals surface area (Å²) in [4.78, 5) is 23.6.